The van der Waals surface area contributed by atoms with E-state index in [9.17, 15) is 15.3 Å². The van der Waals surface area contributed by atoms with Gasteiger partial charge in [-0.25, -0.2) is 0 Å². The van der Waals surface area contributed by atoms with Crippen molar-refractivity contribution in [2.24, 2.45) is 0 Å². The predicted octanol–water partition coefficient (Wildman–Crippen LogP) is 9.59. The molecule has 0 aliphatic rings. The lowest BCUT2D eigenvalue weighted by molar-refractivity contribution is 0.473. The summed E-state index contributed by atoms with van der Waals surface area (Å²) in [7, 11) is 0. The maximum absolute atomic E-state index is 9.74. The van der Waals surface area contributed by atoms with Crippen molar-refractivity contribution in [2.45, 2.75) is 44.9 Å². The molecule has 0 saturated carbocycles. The summed E-state index contributed by atoms with van der Waals surface area (Å²) in [5.41, 5.74) is 6.36. The standard InChI is InChI=1S/C27H30O3.C12H10O/c1-26(2,21-7-13-24(29)14-8-21)17-20(19-5-11-23(28)12-6-19)18-27(3,4)22-9-15-25(30)16-10-22;13-12-8-6-11(7-9-12)10-4-2-1-3-5-10/h5-17,28-30H,18H2,1-4H3;1-9,13H. The summed E-state index contributed by atoms with van der Waals surface area (Å²) in [4.78, 5) is 0. The van der Waals surface area contributed by atoms with E-state index >= 15 is 0 Å². The molecular weight excluding hydrogens is 532 g/mol. The summed E-state index contributed by atoms with van der Waals surface area (Å²) in [6, 6.07) is 39.3. The zero-order valence-electron chi connectivity index (χ0n) is 25.2. The normalized spacial score (nSPS) is 11.9. The van der Waals surface area contributed by atoms with Crippen LogP contribution in [-0.2, 0) is 10.8 Å². The third-order valence-electron chi connectivity index (χ3n) is 7.64. The second-order valence-electron chi connectivity index (χ2n) is 12.0. The van der Waals surface area contributed by atoms with E-state index in [-0.39, 0.29) is 28.1 Å². The molecule has 43 heavy (non-hydrogen) atoms. The molecule has 220 valence electrons. The first kappa shape index (κ1) is 31.0. The lowest BCUT2D eigenvalue weighted by Gasteiger charge is -2.30. The van der Waals surface area contributed by atoms with E-state index in [0.717, 1.165) is 28.7 Å². The van der Waals surface area contributed by atoms with Crippen molar-refractivity contribution in [2.75, 3.05) is 0 Å². The molecule has 0 unspecified atom stereocenters. The minimum absolute atomic E-state index is 0.164. The summed E-state index contributed by atoms with van der Waals surface area (Å²) >= 11 is 0. The van der Waals surface area contributed by atoms with E-state index in [0.29, 0.717) is 5.75 Å². The van der Waals surface area contributed by atoms with Gasteiger partial charge in [-0.2, -0.15) is 0 Å². The predicted molar refractivity (Wildman–Crippen MR) is 177 cm³/mol. The molecule has 0 bridgehead atoms. The van der Waals surface area contributed by atoms with Crippen LogP contribution < -0.4 is 0 Å². The van der Waals surface area contributed by atoms with Gasteiger partial charge in [0.2, 0.25) is 0 Å². The molecule has 4 heteroatoms. The molecule has 0 atom stereocenters. The summed E-state index contributed by atoms with van der Waals surface area (Å²) in [6.45, 7) is 8.71. The number of phenolic OH excluding ortho intramolecular Hbond substituents is 4. The molecule has 0 spiro atoms. The van der Waals surface area contributed by atoms with Crippen LogP contribution in [0.2, 0.25) is 0 Å². The van der Waals surface area contributed by atoms with Gasteiger partial charge in [0.05, 0.1) is 0 Å². The first-order valence-corrected chi connectivity index (χ1v) is 14.4. The summed E-state index contributed by atoms with van der Waals surface area (Å²) in [6.07, 6.45) is 3.05. The van der Waals surface area contributed by atoms with Gasteiger partial charge in [0.25, 0.3) is 0 Å². The molecule has 0 saturated heterocycles. The molecule has 0 aliphatic heterocycles. The summed E-state index contributed by atoms with van der Waals surface area (Å²) < 4.78 is 0. The van der Waals surface area contributed by atoms with Crippen LogP contribution in [0.15, 0.2) is 133 Å². The van der Waals surface area contributed by atoms with Gasteiger partial charge >= 0.3 is 0 Å². The number of hydrogen-bond donors (Lipinski definition) is 4. The smallest absolute Gasteiger partial charge is 0.115 e. The maximum Gasteiger partial charge on any atom is 0.115 e. The minimum Gasteiger partial charge on any atom is -0.508 e. The molecule has 0 amide bonds. The van der Waals surface area contributed by atoms with Crippen LogP contribution >= 0.6 is 0 Å². The van der Waals surface area contributed by atoms with Crippen LogP contribution in [0, 0.1) is 0 Å². The number of rotatable bonds is 7. The number of aromatic hydroxyl groups is 4. The molecule has 0 aliphatic carbocycles. The van der Waals surface area contributed by atoms with Crippen molar-refractivity contribution in [3.05, 3.63) is 150 Å². The zero-order valence-corrected chi connectivity index (χ0v) is 25.2. The van der Waals surface area contributed by atoms with Gasteiger partial charge in [0, 0.05) is 5.41 Å². The SMILES string of the molecule is CC(C)(C=C(CC(C)(C)c1ccc(O)cc1)c1ccc(O)cc1)c1ccc(O)cc1.Oc1ccc(-c2ccccc2)cc1. The van der Waals surface area contributed by atoms with E-state index in [1.54, 1.807) is 48.5 Å². The molecule has 5 aromatic rings. The third kappa shape index (κ3) is 8.52. The highest BCUT2D eigenvalue weighted by atomic mass is 16.3. The van der Waals surface area contributed by atoms with Gasteiger partial charge in [-0.05, 0) is 93.8 Å². The molecule has 0 fully saturated rings. The number of hydrogen-bond acceptors (Lipinski definition) is 4. The van der Waals surface area contributed by atoms with Crippen LogP contribution in [0.3, 0.4) is 0 Å². The van der Waals surface area contributed by atoms with Crippen molar-refractivity contribution in [1.82, 2.24) is 0 Å². The first-order chi connectivity index (χ1) is 20.4. The van der Waals surface area contributed by atoms with E-state index in [1.165, 1.54) is 11.1 Å². The molecule has 5 rings (SSSR count). The highest BCUT2D eigenvalue weighted by molar-refractivity contribution is 5.69. The maximum atomic E-state index is 9.74. The van der Waals surface area contributed by atoms with Gasteiger partial charge in [-0.1, -0.05) is 113 Å². The Hall–Kier alpha value is -4.96. The lowest BCUT2D eigenvalue weighted by Crippen LogP contribution is -2.20. The van der Waals surface area contributed by atoms with Crippen molar-refractivity contribution >= 4 is 5.57 Å². The Labute approximate surface area is 254 Å². The van der Waals surface area contributed by atoms with Crippen molar-refractivity contribution < 1.29 is 20.4 Å². The average molecular weight is 573 g/mol. The summed E-state index contributed by atoms with van der Waals surface area (Å²) in [5, 5.41) is 38.2. The Balaban J connectivity index is 0.000000269. The van der Waals surface area contributed by atoms with E-state index in [4.69, 9.17) is 5.11 Å². The molecular formula is C39H40O4. The fraction of sp³-hybridized carbons (Fsp3) is 0.179. The first-order valence-electron chi connectivity index (χ1n) is 14.4. The fourth-order valence-electron chi connectivity index (χ4n) is 5.10. The van der Waals surface area contributed by atoms with Crippen LogP contribution in [0.4, 0.5) is 0 Å². The Morgan fingerprint density at radius 1 is 0.488 bits per heavy atom. The van der Waals surface area contributed by atoms with Crippen LogP contribution in [0.5, 0.6) is 23.0 Å². The number of allylic oxidation sites excluding steroid dienone is 2. The van der Waals surface area contributed by atoms with Crippen molar-refractivity contribution in [1.29, 1.82) is 0 Å². The summed E-state index contributed by atoms with van der Waals surface area (Å²) in [5.74, 6) is 1.07. The topological polar surface area (TPSA) is 80.9 Å². The third-order valence-corrected chi connectivity index (χ3v) is 7.64. The van der Waals surface area contributed by atoms with Crippen molar-refractivity contribution in [3.8, 4) is 34.1 Å². The minimum atomic E-state index is -0.258. The fourth-order valence-corrected chi connectivity index (χ4v) is 5.10. The number of benzene rings is 5. The molecule has 5 aromatic carbocycles. The van der Waals surface area contributed by atoms with Crippen LogP contribution in [0.25, 0.3) is 16.7 Å². The van der Waals surface area contributed by atoms with E-state index in [1.807, 2.05) is 78.9 Å². The molecule has 0 radical (unpaired) electrons. The Bertz CT molecular complexity index is 1610. The monoisotopic (exact) mass is 572 g/mol. The van der Waals surface area contributed by atoms with Crippen molar-refractivity contribution in [3.63, 3.8) is 0 Å². The average Bonchev–Trinajstić information content (AvgIpc) is 2.99. The van der Waals surface area contributed by atoms with Gasteiger partial charge in [-0.15, -0.1) is 0 Å². The lowest BCUT2D eigenvalue weighted by atomic mass is 9.74. The molecule has 4 N–H and O–H groups in total. The van der Waals surface area contributed by atoms with Crippen LogP contribution in [0.1, 0.15) is 50.8 Å². The Morgan fingerprint density at radius 2 is 0.884 bits per heavy atom. The molecule has 0 heterocycles. The second-order valence-corrected chi connectivity index (χ2v) is 12.0. The van der Waals surface area contributed by atoms with E-state index in [2.05, 4.69) is 33.8 Å². The number of phenols is 4. The highest BCUT2D eigenvalue weighted by Gasteiger charge is 2.26. The van der Waals surface area contributed by atoms with Gasteiger partial charge in [-0.3, -0.25) is 0 Å². The zero-order chi connectivity index (χ0) is 31.0. The Kier molecular flexibility index (Phi) is 9.62. The van der Waals surface area contributed by atoms with E-state index < -0.39 is 0 Å². The Morgan fingerprint density at radius 3 is 1.37 bits per heavy atom. The largest absolute Gasteiger partial charge is 0.508 e. The quantitative estimate of drug-likeness (QED) is 0.157. The van der Waals surface area contributed by atoms with Gasteiger partial charge < -0.3 is 20.4 Å². The molecule has 4 nitrogen and oxygen atoms in total. The van der Waals surface area contributed by atoms with Gasteiger partial charge in [0.1, 0.15) is 23.0 Å². The van der Waals surface area contributed by atoms with Gasteiger partial charge in [0.15, 0.2) is 0 Å². The molecule has 0 aromatic heterocycles. The second kappa shape index (κ2) is 13.3. The highest BCUT2D eigenvalue weighted by Crippen LogP contribution is 2.38. The van der Waals surface area contributed by atoms with Crippen LogP contribution in [-0.4, -0.2) is 20.4 Å².